The van der Waals surface area contributed by atoms with Crippen LogP contribution in [0.1, 0.15) is 26.5 Å². The third-order valence-electron chi connectivity index (χ3n) is 2.03. The molecule has 2 heterocycles. The van der Waals surface area contributed by atoms with Crippen molar-refractivity contribution in [1.29, 1.82) is 0 Å². The van der Waals surface area contributed by atoms with Crippen LogP contribution >= 0.6 is 0 Å². The van der Waals surface area contributed by atoms with Gasteiger partial charge in [-0.15, -0.1) is 0 Å². The number of rotatable bonds is 0. The van der Waals surface area contributed by atoms with Crippen molar-refractivity contribution in [2.24, 2.45) is 0 Å². The van der Waals surface area contributed by atoms with Gasteiger partial charge < -0.3 is 0 Å². The fraction of sp³-hybridized carbons (Fsp3) is 0.400. The molecular weight excluding hydrogens is 162 g/mol. The third-order valence-corrected chi connectivity index (χ3v) is 2.03. The van der Waals surface area contributed by atoms with E-state index < -0.39 is 0 Å². The van der Waals surface area contributed by atoms with Gasteiger partial charge in [-0.2, -0.15) is 0 Å². The summed E-state index contributed by atoms with van der Waals surface area (Å²) in [6, 6.07) is 1.91. The van der Waals surface area contributed by atoms with E-state index in [2.05, 4.69) is 30.7 Å². The summed E-state index contributed by atoms with van der Waals surface area (Å²) in [5.74, 6) is 0. The fourth-order valence-corrected chi connectivity index (χ4v) is 1.21. The van der Waals surface area contributed by atoms with Crippen molar-refractivity contribution in [2.45, 2.75) is 26.2 Å². The lowest BCUT2D eigenvalue weighted by Gasteiger charge is -2.13. The molecule has 2 aromatic heterocycles. The van der Waals surface area contributed by atoms with Gasteiger partial charge in [0.1, 0.15) is 12.0 Å². The Balaban J connectivity index is 2.63. The van der Waals surface area contributed by atoms with Crippen LogP contribution in [-0.4, -0.2) is 14.4 Å². The molecule has 13 heavy (non-hydrogen) atoms. The van der Waals surface area contributed by atoms with E-state index in [4.69, 9.17) is 0 Å². The van der Waals surface area contributed by atoms with Gasteiger partial charge in [0.05, 0.1) is 5.69 Å². The van der Waals surface area contributed by atoms with E-state index >= 15 is 0 Å². The van der Waals surface area contributed by atoms with Crippen molar-refractivity contribution in [1.82, 2.24) is 14.4 Å². The maximum absolute atomic E-state index is 4.51. The molecular formula is C10H13N3. The predicted octanol–water partition coefficient (Wildman–Crippen LogP) is 2.03. The molecule has 0 atom stereocenters. The average Bonchev–Trinajstić information content (AvgIpc) is 2.45. The first kappa shape index (κ1) is 8.23. The zero-order valence-electron chi connectivity index (χ0n) is 8.15. The predicted molar refractivity (Wildman–Crippen MR) is 51.7 cm³/mol. The molecule has 0 aliphatic carbocycles. The maximum atomic E-state index is 4.51. The Morgan fingerprint density at radius 3 is 2.69 bits per heavy atom. The average molecular weight is 175 g/mol. The van der Waals surface area contributed by atoms with Gasteiger partial charge in [-0.3, -0.25) is 4.40 Å². The van der Waals surface area contributed by atoms with Crippen molar-refractivity contribution < 1.29 is 0 Å². The number of nitrogens with zero attached hydrogens (tertiary/aromatic N) is 3. The normalized spacial score (nSPS) is 12.2. The zero-order chi connectivity index (χ0) is 9.47. The lowest BCUT2D eigenvalue weighted by Crippen LogP contribution is -2.11. The van der Waals surface area contributed by atoms with Crippen LogP contribution in [0.2, 0.25) is 0 Å². The number of aromatic nitrogens is 3. The second-order valence-electron chi connectivity index (χ2n) is 4.22. The quantitative estimate of drug-likeness (QED) is 0.613. The van der Waals surface area contributed by atoms with E-state index in [1.807, 2.05) is 16.7 Å². The summed E-state index contributed by atoms with van der Waals surface area (Å²) >= 11 is 0. The standard InChI is InChI=1S/C10H13N3/c1-10(2,3)8-6-13-7-11-5-4-9(13)12-8/h4-7H,1-3H3. The highest BCUT2D eigenvalue weighted by atomic mass is 15.0. The lowest BCUT2D eigenvalue weighted by atomic mass is 9.93. The maximum Gasteiger partial charge on any atom is 0.139 e. The summed E-state index contributed by atoms with van der Waals surface area (Å²) in [6.07, 6.45) is 5.56. The molecule has 0 radical (unpaired) electrons. The Kier molecular flexibility index (Phi) is 1.62. The number of hydrogen-bond donors (Lipinski definition) is 0. The van der Waals surface area contributed by atoms with E-state index in [0.717, 1.165) is 11.3 Å². The fourth-order valence-electron chi connectivity index (χ4n) is 1.21. The smallest absolute Gasteiger partial charge is 0.139 e. The van der Waals surface area contributed by atoms with Crippen LogP contribution in [0.5, 0.6) is 0 Å². The Morgan fingerprint density at radius 1 is 1.31 bits per heavy atom. The summed E-state index contributed by atoms with van der Waals surface area (Å²) < 4.78 is 1.95. The van der Waals surface area contributed by atoms with Crippen molar-refractivity contribution in [2.75, 3.05) is 0 Å². The minimum Gasteiger partial charge on any atom is -0.290 e. The van der Waals surface area contributed by atoms with Gasteiger partial charge in [0.2, 0.25) is 0 Å². The van der Waals surface area contributed by atoms with Crippen LogP contribution < -0.4 is 0 Å². The number of hydrogen-bond acceptors (Lipinski definition) is 2. The highest BCUT2D eigenvalue weighted by Gasteiger charge is 2.16. The molecule has 0 amide bonds. The van der Waals surface area contributed by atoms with Gasteiger partial charge in [0, 0.05) is 17.8 Å². The molecule has 0 aliphatic heterocycles. The highest BCUT2D eigenvalue weighted by Crippen LogP contribution is 2.20. The number of imidazole rings is 1. The van der Waals surface area contributed by atoms with Crippen LogP contribution in [-0.2, 0) is 5.41 Å². The SMILES string of the molecule is CC(C)(C)c1cn2cnccc2n1. The lowest BCUT2D eigenvalue weighted by molar-refractivity contribution is 0.573. The molecule has 3 nitrogen and oxygen atoms in total. The summed E-state index contributed by atoms with van der Waals surface area (Å²) in [6.45, 7) is 6.46. The molecule has 0 N–H and O–H groups in total. The van der Waals surface area contributed by atoms with Crippen LogP contribution in [0, 0.1) is 0 Å². The van der Waals surface area contributed by atoms with Gasteiger partial charge in [-0.05, 0) is 6.07 Å². The Labute approximate surface area is 77.4 Å². The Hall–Kier alpha value is -1.38. The molecule has 0 bridgehead atoms. The van der Waals surface area contributed by atoms with Gasteiger partial charge in [-0.1, -0.05) is 20.8 Å². The summed E-state index contributed by atoms with van der Waals surface area (Å²) in [7, 11) is 0. The van der Waals surface area contributed by atoms with Crippen LogP contribution in [0.25, 0.3) is 5.65 Å². The topological polar surface area (TPSA) is 30.2 Å². The van der Waals surface area contributed by atoms with Gasteiger partial charge in [0.25, 0.3) is 0 Å². The first-order valence-corrected chi connectivity index (χ1v) is 4.36. The molecule has 68 valence electrons. The Bertz CT molecular complexity index is 390. The van der Waals surface area contributed by atoms with E-state index in [9.17, 15) is 0 Å². The van der Waals surface area contributed by atoms with Crippen molar-refractivity contribution >= 4 is 5.65 Å². The monoisotopic (exact) mass is 175 g/mol. The van der Waals surface area contributed by atoms with E-state index in [0.29, 0.717) is 0 Å². The largest absolute Gasteiger partial charge is 0.290 e. The first-order valence-electron chi connectivity index (χ1n) is 4.36. The minimum absolute atomic E-state index is 0.103. The summed E-state index contributed by atoms with van der Waals surface area (Å²) in [5, 5.41) is 0. The first-order chi connectivity index (χ1) is 6.07. The summed E-state index contributed by atoms with van der Waals surface area (Å²) in [5.41, 5.74) is 2.16. The molecule has 3 heteroatoms. The van der Waals surface area contributed by atoms with E-state index in [1.165, 1.54) is 0 Å². The summed E-state index contributed by atoms with van der Waals surface area (Å²) in [4.78, 5) is 8.54. The van der Waals surface area contributed by atoms with Crippen LogP contribution in [0.4, 0.5) is 0 Å². The van der Waals surface area contributed by atoms with Crippen LogP contribution in [0.3, 0.4) is 0 Å². The molecule has 0 saturated heterocycles. The van der Waals surface area contributed by atoms with Gasteiger partial charge >= 0.3 is 0 Å². The second-order valence-corrected chi connectivity index (χ2v) is 4.22. The minimum atomic E-state index is 0.103. The molecule has 2 rings (SSSR count). The van der Waals surface area contributed by atoms with Crippen LogP contribution in [0.15, 0.2) is 24.8 Å². The zero-order valence-corrected chi connectivity index (χ0v) is 8.15. The van der Waals surface area contributed by atoms with Gasteiger partial charge in [0.15, 0.2) is 0 Å². The second kappa shape index (κ2) is 2.55. The number of fused-ring (bicyclic) bond motifs is 1. The van der Waals surface area contributed by atoms with Gasteiger partial charge in [-0.25, -0.2) is 9.97 Å². The molecule has 0 aliphatic rings. The molecule has 0 unspecified atom stereocenters. The highest BCUT2D eigenvalue weighted by molar-refractivity contribution is 5.39. The van der Waals surface area contributed by atoms with E-state index in [-0.39, 0.29) is 5.41 Å². The molecule has 2 aromatic rings. The Morgan fingerprint density at radius 2 is 2.08 bits per heavy atom. The molecule has 0 spiro atoms. The van der Waals surface area contributed by atoms with E-state index in [1.54, 1.807) is 12.5 Å². The van der Waals surface area contributed by atoms with Crippen molar-refractivity contribution in [3.05, 3.63) is 30.5 Å². The third kappa shape index (κ3) is 1.41. The molecule has 0 saturated carbocycles. The molecule has 0 fully saturated rings. The van der Waals surface area contributed by atoms with Crippen molar-refractivity contribution in [3.8, 4) is 0 Å². The van der Waals surface area contributed by atoms with Crippen molar-refractivity contribution in [3.63, 3.8) is 0 Å². The molecule has 0 aromatic carbocycles.